The van der Waals surface area contributed by atoms with Crippen LogP contribution < -0.4 is 0 Å². The van der Waals surface area contributed by atoms with Crippen molar-refractivity contribution in [1.29, 1.82) is 0 Å². The topological polar surface area (TPSA) is 17.1 Å². The molecule has 0 bridgehead atoms. The zero-order chi connectivity index (χ0) is 26.4. The second-order valence-electron chi connectivity index (χ2n) is 11.0. The van der Waals surface area contributed by atoms with Crippen molar-refractivity contribution in [3.8, 4) is 0 Å². The Balaban J connectivity index is 2.57. The molecule has 2 unspecified atom stereocenters. The first-order valence-electron chi connectivity index (χ1n) is 11.1. The minimum absolute atomic E-state index is 0.194. The molecule has 188 valence electrons. The second-order valence-corrected chi connectivity index (χ2v) is 11.0. The molecule has 0 aromatic heterocycles. The molecule has 0 aliphatic rings. The van der Waals surface area contributed by atoms with Crippen LogP contribution >= 0.6 is 0 Å². The quantitative estimate of drug-likeness (QED) is 0.395. The van der Waals surface area contributed by atoms with E-state index in [-0.39, 0.29) is 11.1 Å². The summed E-state index contributed by atoms with van der Waals surface area (Å²) in [6.45, 7) is 13.7. The summed E-state index contributed by atoms with van der Waals surface area (Å²) in [5, 5.41) is 0. The number of Topliss-reactive ketones (excluding diaryl/α,β-unsaturated/α-hetero) is 1. The van der Waals surface area contributed by atoms with Crippen LogP contribution in [0.1, 0.15) is 101 Å². The van der Waals surface area contributed by atoms with Crippen molar-refractivity contribution in [3.63, 3.8) is 0 Å². The molecule has 0 amide bonds. The second kappa shape index (κ2) is 9.04. The van der Waals surface area contributed by atoms with Crippen LogP contribution in [0.2, 0.25) is 0 Å². The first-order valence-corrected chi connectivity index (χ1v) is 11.1. The number of carbonyl (C=O) groups is 1. The first-order chi connectivity index (χ1) is 15.1. The van der Waals surface area contributed by atoms with Gasteiger partial charge < -0.3 is 0 Å². The fraction of sp³-hybridized carbons (Fsp3) is 0.519. The van der Waals surface area contributed by atoms with Crippen molar-refractivity contribution in [2.45, 2.75) is 90.4 Å². The summed E-state index contributed by atoms with van der Waals surface area (Å²) in [4.78, 5) is 13.3. The molecule has 2 rings (SSSR count). The molecule has 2 atom stereocenters. The average molecular weight is 487 g/mol. The van der Waals surface area contributed by atoms with E-state index >= 15 is 0 Å². The van der Waals surface area contributed by atoms with Gasteiger partial charge in [-0.15, -0.1) is 0 Å². The van der Waals surface area contributed by atoms with Gasteiger partial charge in [-0.1, -0.05) is 67.5 Å². The zero-order valence-electron chi connectivity index (χ0n) is 20.8. The Bertz CT molecular complexity index is 901. The lowest BCUT2D eigenvalue weighted by Gasteiger charge is -2.26. The van der Waals surface area contributed by atoms with E-state index in [1.807, 2.05) is 0 Å². The van der Waals surface area contributed by atoms with E-state index in [0.29, 0.717) is 11.1 Å². The lowest BCUT2D eigenvalue weighted by atomic mass is 9.79. The van der Waals surface area contributed by atoms with Crippen molar-refractivity contribution in [3.05, 3.63) is 69.8 Å². The molecule has 0 saturated carbocycles. The number of carbonyl (C=O) groups excluding carboxylic acids is 1. The minimum Gasteiger partial charge on any atom is -0.298 e. The van der Waals surface area contributed by atoms with Crippen LogP contribution in [-0.4, -0.2) is 5.78 Å². The lowest BCUT2D eigenvalue weighted by Crippen LogP contribution is -2.21. The van der Waals surface area contributed by atoms with Crippen LogP contribution in [0.3, 0.4) is 0 Å². The fourth-order valence-corrected chi connectivity index (χ4v) is 3.70. The van der Waals surface area contributed by atoms with Gasteiger partial charge in [0.2, 0.25) is 0 Å². The SMILES string of the molecule is CC(C(=O)C(C)c1cc(C(C)(C)C)cc(C(F)(F)F)c1)c1cc(C(C)(C)C)cc(C(F)(F)F)c1. The largest absolute Gasteiger partial charge is 0.416 e. The molecule has 7 heteroatoms. The molecule has 0 fully saturated rings. The molecule has 1 nitrogen and oxygen atoms in total. The van der Waals surface area contributed by atoms with Gasteiger partial charge in [0.15, 0.2) is 0 Å². The number of alkyl halides is 6. The molecule has 0 radical (unpaired) electrons. The third-order valence-corrected chi connectivity index (χ3v) is 6.15. The molecule has 0 spiro atoms. The van der Waals surface area contributed by atoms with Gasteiger partial charge in [0.05, 0.1) is 11.1 Å². The number of hydrogen-bond donors (Lipinski definition) is 0. The average Bonchev–Trinajstić information content (AvgIpc) is 2.68. The third kappa shape index (κ3) is 6.42. The van der Waals surface area contributed by atoms with Crippen LogP contribution in [0, 0.1) is 0 Å². The molecule has 0 aliphatic heterocycles. The maximum Gasteiger partial charge on any atom is 0.416 e. The third-order valence-electron chi connectivity index (χ3n) is 6.15. The molecule has 0 aliphatic carbocycles. The van der Waals surface area contributed by atoms with Crippen molar-refractivity contribution >= 4 is 5.78 Å². The number of ketones is 1. The lowest BCUT2D eigenvalue weighted by molar-refractivity contribution is -0.138. The Kier molecular flexibility index (Phi) is 7.43. The summed E-state index contributed by atoms with van der Waals surface area (Å²) >= 11 is 0. The van der Waals surface area contributed by atoms with Gasteiger partial charge in [-0.2, -0.15) is 26.3 Å². The number of benzene rings is 2. The number of rotatable bonds is 4. The maximum absolute atomic E-state index is 13.5. The maximum atomic E-state index is 13.5. The standard InChI is InChI=1S/C27H32F6O/c1-15(17-9-19(24(3,4)5)13-21(11-17)26(28,29)30)23(34)16(2)18-10-20(25(6,7)8)14-22(12-18)27(31,32)33/h9-16H,1-8H3. The van der Waals surface area contributed by atoms with E-state index in [2.05, 4.69) is 0 Å². The highest BCUT2D eigenvalue weighted by atomic mass is 19.4. The summed E-state index contributed by atoms with van der Waals surface area (Å²) in [5.41, 5.74) is -1.63. The van der Waals surface area contributed by atoms with E-state index in [9.17, 15) is 31.1 Å². The molecule has 0 N–H and O–H groups in total. The van der Waals surface area contributed by atoms with Gasteiger partial charge in [0.25, 0.3) is 0 Å². The summed E-state index contributed by atoms with van der Waals surface area (Å²) in [7, 11) is 0. The van der Waals surface area contributed by atoms with Gasteiger partial charge in [-0.25, -0.2) is 0 Å². The first kappa shape index (κ1) is 27.9. The predicted octanol–water partition coefficient (Wildman–Crippen LogP) is 8.80. The molecule has 2 aromatic carbocycles. The molecule has 0 heterocycles. The summed E-state index contributed by atoms with van der Waals surface area (Å²) in [5.74, 6) is -2.32. The monoisotopic (exact) mass is 486 g/mol. The Hall–Kier alpha value is -2.31. The van der Waals surface area contributed by atoms with Crippen molar-refractivity contribution in [2.75, 3.05) is 0 Å². The Labute approximate surface area is 197 Å². The Morgan fingerprint density at radius 2 is 0.824 bits per heavy atom. The minimum atomic E-state index is -4.59. The van der Waals surface area contributed by atoms with Crippen molar-refractivity contribution in [1.82, 2.24) is 0 Å². The van der Waals surface area contributed by atoms with Crippen LogP contribution in [0.5, 0.6) is 0 Å². The summed E-state index contributed by atoms with van der Waals surface area (Å²) in [6, 6.07) is 7.22. The smallest absolute Gasteiger partial charge is 0.298 e. The van der Waals surface area contributed by atoms with Gasteiger partial charge >= 0.3 is 12.4 Å². The van der Waals surface area contributed by atoms with Crippen molar-refractivity contribution < 1.29 is 31.1 Å². The van der Waals surface area contributed by atoms with Crippen LogP contribution in [0.25, 0.3) is 0 Å². The van der Waals surface area contributed by atoms with Crippen LogP contribution in [0.15, 0.2) is 36.4 Å². The van der Waals surface area contributed by atoms with Gasteiger partial charge in [0.1, 0.15) is 5.78 Å². The molecular weight excluding hydrogens is 454 g/mol. The Morgan fingerprint density at radius 3 is 1.06 bits per heavy atom. The highest BCUT2D eigenvalue weighted by Gasteiger charge is 2.36. The fourth-order valence-electron chi connectivity index (χ4n) is 3.70. The van der Waals surface area contributed by atoms with E-state index in [4.69, 9.17) is 0 Å². The number of hydrogen-bond acceptors (Lipinski definition) is 1. The van der Waals surface area contributed by atoms with E-state index in [1.165, 1.54) is 13.8 Å². The van der Waals surface area contributed by atoms with Crippen LogP contribution in [-0.2, 0) is 28.0 Å². The van der Waals surface area contributed by atoms with E-state index in [1.54, 1.807) is 53.7 Å². The van der Waals surface area contributed by atoms with Gasteiger partial charge in [0, 0.05) is 11.8 Å². The molecular formula is C27H32F6O. The van der Waals surface area contributed by atoms with E-state index < -0.39 is 51.9 Å². The molecule has 34 heavy (non-hydrogen) atoms. The van der Waals surface area contributed by atoms with Gasteiger partial charge in [-0.3, -0.25) is 4.79 Å². The van der Waals surface area contributed by atoms with Crippen molar-refractivity contribution in [2.24, 2.45) is 0 Å². The zero-order valence-corrected chi connectivity index (χ0v) is 20.8. The normalized spacial score (nSPS) is 15.2. The Morgan fingerprint density at radius 1 is 0.559 bits per heavy atom. The molecule has 0 saturated heterocycles. The molecule has 2 aromatic rings. The highest BCUT2D eigenvalue weighted by molar-refractivity contribution is 5.91. The highest BCUT2D eigenvalue weighted by Crippen LogP contribution is 2.39. The number of halogens is 6. The van der Waals surface area contributed by atoms with Crippen LogP contribution in [0.4, 0.5) is 26.3 Å². The van der Waals surface area contributed by atoms with E-state index in [0.717, 1.165) is 24.3 Å². The summed E-state index contributed by atoms with van der Waals surface area (Å²) in [6.07, 6.45) is -9.18. The predicted molar refractivity (Wildman–Crippen MR) is 122 cm³/mol. The van der Waals surface area contributed by atoms with Gasteiger partial charge in [-0.05, 0) is 57.3 Å². The summed E-state index contributed by atoms with van der Waals surface area (Å²) < 4.78 is 81.3.